The molecule has 0 saturated carbocycles. The van der Waals surface area contributed by atoms with Crippen molar-refractivity contribution in [2.24, 2.45) is 13.0 Å². The highest BCUT2D eigenvalue weighted by atomic mass is 16.5. The maximum Gasteiger partial charge on any atom is 0.226 e. The minimum atomic E-state index is 0.433. The standard InChI is InChI=1S/C21H31N5O/c1-16-13-26(14-17-7-5-4-6-8-17)15-19(16)20-22-23-21(25(20)3)24(2)18-9-11-27-12-10-18/h4-8,16,18-19H,9-15H2,1-3H3/t16-,19-/m1/s1. The summed E-state index contributed by atoms with van der Waals surface area (Å²) in [6.07, 6.45) is 2.12. The molecule has 2 aromatic rings. The Balaban J connectivity index is 1.46. The summed E-state index contributed by atoms with van der Waals surface area (Å²) < 4.78 is 7.71. The minimum Gasteiger partial charge on any atom is -0.381 e. The first-order valence-electron chi connectivity index (χ1n) is 10.1. The van der Waals surface area contributed by atoms with Crippen molar-refractivity contribution in [2.45, 2.75) is 38.3 Å². The molecule has 27 heavy (non-hydrogen) atoms. The molecule has 4 rings (SSSR count). The van der Waals surface area contributed by atoms with E-state index in [1.54, 1.807) is 0 Å². The number of hydrogen-bond donors (Lipinski definition) is 0. The van der Waals surface area contributed by atoms with Crippen LogP contribution in [-0.2, 0) is 18.3 Å². The van der Waals surface area contributed by atoms with E-state index in [0.717, 1.165) is 57.5 Å². The van der Waals surface area contributed by atoms with Crippen molar-refractivity contribution in [1.82, 2.24) is 19.7 Å². The van der Waals surface area contributed by atoms with Gasteiger partial charge >= 0.3 is 0 Å². The number of anilines is 1. The fourth-order valence-corrected chi connectivity index (χ4v) is 4.57. The third-order valence-electron chi connectivity index (χ3n) is 6.21. The summed E-state index contributed by atoms with van der Waals surface area (Å²) >= 11 is 0. The summed E-state index contributed by atoms with van der Waals surface area (Å²) in [5, 5.41) is 9.18. The maximum absolute atomic E-state index is 5.50. The van der Waals surface area contributed by atoms with Crippen LogP contribution in [0.25, 0.3) is 0 Å². The van der Waals surface area contributed by atoms with Crippen molar-refractivity contribution in [1.29, 1.82) is 0 Å². The quantitative estimate of drug-likeness (QED) is 0.811. The average Bonchev–Trinajstić information content (AvgIpc) is 3.24. The van der Waals surface area contributed by atoms with Gasteiger partial charge in [0.1, 0.15) is 5.82 Å². The van der Waals surface area contributed by atoms with Crippen molar-refractivity contribution in [3.05, 3.63) is 41.7 Å². The van der Waals surface area contributed by atoms with Crippen LogP contribution in [0.15, 0.2) is 30.3 Å². The van der Waals surface area contributed by atoms with Gasteiger partial charge in [-0.15, -0.1) is 10.2 Å². The van der Waals surface area contributed by atoms with Crippen molar-refractivity contribution in [3.63, 3.8) is 0 Å². The molecule has 0 aliphatic carbocycles. The van der Waals surface area contributed by atoms with Crippen LogP contribution >= 0.6 is 0 Å². The van der Waals surface area contributed by atoms with Crippen molar-refractivity contribution in [2.75, 3.05) is 38.3 Å². The Morgan fingerprint density at radius 1 is 1.11 bits per heavy atom. The lowest BCUT2D eigenvalue weighted by molar-refractivity contribution is 0.0851. The number of aromatic nitrogens is 3. The molecule has 6 nitrogen and oxygen atoms in total. The molecular weight excluding hydrogens is 338 g/mol. The molecule has 2 aliphatic rings. The van der Waals surface area contributed by atoms with Crippen LogP contribution in [0.4, 0.5) is 5.95 Å². The minimum absolute atomic E-state index is 0.433. The van der Waals surface area contributed by atoms with E-state index in [2.05, 4.69) is 75.9 Å². The Kier molecular flexibility index (Phi) is 5.45. The van der Waals surface area contributed by atoms with Crippen LogP contribution in [0.1, 0.15) is 37.1 Å². The van der Waals surface area contributed by atoms with Crippen LogP contribution in [0, 0.1) is 5.92 Å². The number of rotatable bonds is 5. The van der Waals surface area contributed by atoms with E-state index in [9.17, 15) is 0 Å². The molecule has 0 unspecified atom stereocenters. The second-order valence-electron chi connectivity index (χ2n) is 8.14. The van der Waals surface area contributed by atoms with Crippen LogP contribution in [-0.4, -0.2) is 59.1 Å². The summed E-state index contributed by atoms with van der Waals surface area (Å²) in [4.78, 5) is 4.83. The topological polar surface area (TPSA) is 46.4 Å². The fraction of sp³-hybridized carbons (Fsp3) is 0.619. The van der Waals surface area contributed by atoms with Gasteiger partial charge in [0.05, 0.1) is 0 Å². The van der Waals surface area contributed by atoms with Gasteiger partial charge in [0, 0.05) is 58.9 Å². The van der Waals surface area contributed by atoms with E-state index in [4.69, 9.17) is 4.74 Å². The van der Waals surface area contributed by atoms with Gasteiger partial charge in [-0.25, -0.2) is 0 Å². The van der Waals surface area contributed by atoms with Crippen LogP contribution in [0.3, 0.4) is 0 Å². The zero-order valence-electron chi connectivity index (χ0n) is 16.7. The highest BCUT2D eigenvalue weighted by Crippen LogP contribution is 2.33. The molecule has 2 aliphatic heterocycles. The SMILES string of the molecule is C[C@@H]1CN(Cc2ccccc2)C[C@H]1c1nnc(N(C)C2CCOCC2)n1C. The van der Waals surface area contributed by atoms with Gasteiger partial charge in [-0.1, -0.05) is 37.3 Å². The number of likely N-dealkylation sites (tertiary alicyclic amines) is 1. The van der Waals surface area contributed by atoms with E-state index in [0.29, 0.717) is 17.9 Å². The second-order valence-corrected chi connectivity index (χ2v) is 8.14. The number of nitrogens with zero attached hydrogens (tertiary/aromatic N) is 5. The summed E-state index contributed by atoms with van der Waals surface area (Å²) in [6.45, 7) is 7.18. The van der Waals surface area contributed by atoms with E-state index >= 15 is 0 Å². The van der Waals surface area contributed by atoms with E-state index in [1.807, 2.05) is 0 Å². The molecule has 0 bridgehead atoms. The van der Waals surface area contributed by atoms with Crippen LogP contribution in [0.2, 0.25) is 0 Å². The number of ether oxygens (including phenoxy) is 1. The second kappa shape index (κ2) is 7.98. The molecule has 6 heteroatoms. The molecule has 146 valence electrons. The zero-order chi connectivity index (χ0) is 18.8. The third kappa shape index (κ3) is 3.87. The molecule has 0 spiro atoms. The van der Waals surface area contributed by atoms with Crippen LogP contribution < -0.4 is 4.90 Å². The Morgan fingerprint density at radius 2 is 1.85 bits per heavy atom. The summed E-state index contributed by atoms with van der Waals surface area (Å²) in [7, 11) is 4.26. The fourth-order valence-electron chi connectivity index (χ4n) is 4.57. The van der Waals surface area contributed by atoms with E-state index < -0.39 is 0 Å². The van der Waals surface area contributed by atoms with Gasteiger partial charge in [0.15, 0.2) is 0 Å². The lowest BCUT2D eigenvalue weighted by Crippen LogP contribution is -2.38. The Labute approximate surface area is 162 Å². The molecule has 0 N–H and O–H groups in total. The normalized spacial score (nSPS) is 24.4. The molecule has 2 fully saturated rings. The molecule has 0 amide bonds. The molecule has 0 radical (unpaired) electrons. The molecule has 1 aromatic heterocycles. The van der Waals surface area contributed by atoms with Gasteiger partial charge in [0.2, 0.25) is 5.95 Å². The van der Waals surface area contributed by atoms with Crippen molar-refractivity contribution in [3.8, 4) is 0 Å². The molecule has 1 aromatic carbocycles. The highest BCUT2D eigenvalue weighted by molar-refractivity contribution is 5.32. The summed E-state index contributed by atoms with van der Waals surface area (Å²) in [6, 6.07) is 11.2. The van der Waals surface area contributed by atoms with Gasteiger partial charge in [-0.05, 0) is 24.3 Å². The Morgan fingerprint density at radius 3 is 2.59 bits per heavy atom. The maximum atomic E-state index is 5.50. The van der Waals surface area contributed by atoms with E-state index in [-0.39, 0.29) is 0 Å². The van der Waals surface area contributed by atoms with Crippen LogP contribution in [0.5, 0.6) is 0 Å². The first-order valence-corrected chi connectivity index (χ1v) is 10.1. The highest BCUT2D eigenvalue weighted by Gasteiger charge is 2.35. The third-order valence-corrected chi connectivity index (χ3v) is 6.21. The molecule has 3 heterocycles. The van der Waals surface area contributed by atoms with Gasteiger partial charge in [-0.3, -0.25) is 4.90 Å². The monoisotopic (exact) mass is 369 g/mol. The van der Waals surface area contributed by atoms with Gasteiger partial charge < -0.3 is 14.2 Å². The summed E-state index contributed by atoms with van der Waals surface area (Å²) in [5.74, 6) is 3.11. The zero-order valence-corrected chi connectivity index (χ0v) is 16.7. The van der Waals surface area contributed by atoms with E-state index in [1.165, 1.54) is 5.56 Å². The lowest BCUT2D eigenvalue weighted by Gasteiger charge is -2.31. The molecular formula is C21H31N5O. The van der Waals surface area contributed by atoms with Gasteiger partial charge in [0.25, 0.3) is 0 Å². The lowest BCUT2D eigenvalue weighted by atomic mass is 9.97. The first-order chi connectivity index (χ1) is 13.1. The van der Waals surface area contributed by atoms with Crippen molar-refractivity contribution < 1.29 is 4.74 Å². The number of benzene rings is 1. The smallest absolute Gasteiger partial charge is 0.226 e. The van der Waals surface area contributed by atoms with Gasteiger partial charge in [-0.2, -0.15) is 0 Å². The summed E-state index contributed by atoms with van der Waals surface area (Å²) in [5.41, 5.74) is 1.38. The first kappa shape index (κ1) is 18.4. The Hall–Kier alpha value is -1.92. The van der Waals surface area contributed by atoms with Crippen molar-refractivity contribution >= 4 is 5.95 Å². The largest absolute Gasteiger partial charge is 0.381 e. The molecule has 2 atom stereocenters. The number of hydrogen-bond acceptors (Lipinski definition) is 5. The predicted octanol–water partition coefficient (Wildman–Crippen LogP) is 2.67. The Bertz CT molecular complexity index is 740. The average molecular weight is 370 g/mol. The predicted molar refractivity (Wildman–Crippen MR) is 107 cm³/mol. The molecule has 2 saturated heterocycles.